The minimum Gasteiger partial charge on any atom is -0.460 e. The summed E-state index contributed by atoms with van der Waals surface area (Å²) in [6.07, 6.45) is 2.40. The highest BCUT2D eigenvalue weighted by Crippen LogP contribution is 2.16. The fourth-order valence-corrected chi connectivity index (χ4v) is 1.15. The zero-order valence-corrected chi connectivity index (χ0v) is 8.88. The van der Waals surface area contributed by atoms with Gasteiger partial charge in [0.25, 0.3) is 11.7 Å². The van der Waals surface area contributed by atoms with Crippen molar-refractivity contribution in [1.29, 1.82) is 0 Å². The quantitative estimate of drug-likeness (QED) is 0.752. The van der Waals surface area contributed by atoms with Crippen LogP contribution in [0.2, 0.25) is 0 Å². The zero-order valence-electron chi connectivity index (χ0n) is 8.88. The molecule has 0 aliphatic rings. The van der Waals surface area contributed by atoms with Gasteiger partial charge in [0.05, 0.1) is 18.4 Å². The molecule has 0 fully saturated rings. The first kappa shape index (κ1) is 11.2. The Hall–Kier alpha value is -2.31. The van der Waals surface area contributed by atoms with Crippen molar-refractivity contribution >= 4 is 5.97 Å². The molecule has 6 nitrogen and oxygen atoms in total. The van der Waals surface area contributed by atoms with Crippen molar-refractivity contribution in [2.45, 2.75) is 6.92 Å². The summed E-state index contributed by atoms with van der Waals surface area (Å²) in [5.41, 5.74) is 0.299. The van der Waals surface area contributed by atoms with Gasteiger partial charge in [-0.25, -0.2) is 9.18 Å². The number of carbonyl (C=O) groups is 1. The molecule has 0 aliphatic carbocycles. The van der Waals surface area contributed by atoms with E-state index in [4.69, 9.17) is 4.52 Å². The molecule has 2 heterocycles. The number of rotatable bonds is 3. The van der Waals surface area contributed by atoms with Crippen LogP contribution in [0.5, 0.6) is 0 Å². The number of halogens is 1. The van der Waals surface area contributed by atoms with Crippen LogP contribution >= 0.6 is 0 Å². The van der Waals surface area contributed by atoms with Crippen LogP contribution in [-0.4, -0.2) is 27.7 Å². The average Bonchev–Trinajstić information content (AvgIpc) is 2.78. The van der Waals surface area contributed by atoms with E-state index in [1.807, 2.05) is 0 Å². The number of nitrogens with zero attached hydrogens (tertiary/aromatic N) is 3. The number of ether oxygens (including phenoxy) is 1. The Kier molecular flexibility index (Phi) is 3.08. The van der Waals surface area contributed by atoms with Crippen LogP contribution < -0.4 is 0 Å². The third-order valence-electron chi connectivity index (χ3n) is 1.84. The first-order chi connectivity index (χ1) is 8.20. The minimum absolute atomic E-state index is 0.0139. The van der Waals surface area contributed by atoms with E-state index in [0.717, 1.165) is 6.20 Å². The van der Waals surface area contributed by atoms with E-state index in [1.54, 1.807) is 6.92 Å². The standard InChI is InChI=1S/C10H8FN3O3/c1-2-16-10(15)8-13-9(17-14-8)6-3-7(11)5-12-4-6/h3-5H,2H2,1H3. The fourth-order valence-electron chi connectivity index (χ4n) is 1.15. The molecule has 17 heavy (non-hydrogen) atoms. The van der Waals surface area contributed by atoms with E-state index in [2.05, 4.69) is 19.9 Å². The van der Waals surface area contributed by atoms with Crippen LogP contribution in [0.1, 0.15) is 17.5 Å². The van der Waals surface area contributed by atoms with Crippen molar-refractivity contribution in [3.8, 4) is 11.5 Å². The summed E-state index contributed by atoms with van der Waals surface area (Å²) >= 11 is 0. The lowest BCUT2D eigenvalue weighted by Crippen LogP contribution is -2.06. The second kappa shape index (κ2) is 4.69. The SMILES string of the molecule is CCOC(=O)c1noc(-c2cncc(F)c2)n1. The Morgan fingerprint density at radius 1 is 1.53 bits per heavy atom. The van der Waals surface area contributed by atoms with Crippen molar-refractivity contribution in [2.24, 2.45) is 0 Å². The monoisotopic (exact) mass is 237 g/mol. The van der Waals surface area contributed by atoms with Crippen LogP contribution in [0.4, 0.5) is 4.39 Å². The van der Waals surface area contributed by atoms with Crippen LogP contribution in [0.15, 0.2) is 23.0 Å². The van der Waals surface area contributed by atoms with E-state index < -0.39 is 11.8 Å². The van der Waals surface area contributed by atoms with Crippen molar-refractivity contribution < 1.29 is 18.4 Å². The average molecular weight is 237 g/mol. The molecule has 0 N–H and O–H groups in total. The van der Waals surface area contributed by atoms with Gasteiger partial charge in [0, 0.05) is 6.20 Å². The van der Waals surface area contributed by atoms with E-state index in [9.17, 15) is 9.18 Å². The smallest absolute Gasteiger partial charge is 0.379 e. The normalized spacial score (nSPS) is 10.2. The molecule has 0 unspecified atom stereocenters. The summed E-state index contributed by atoms with van der Waals surface area (Å²) < 4.78 is 22.4. The van der Waals surface area contributed by atoms with Gasteiger partial charge in [-0.15, -0.1) is 0 Å². The number of esters is 1. The molecule has 0 bridgehead atoms. The Morgan fingerprint density at radius 3 is 3.06 bits per heavy atom. The van der Waals surface area contributed by atoms with Gasteiger partial charge in [-0.1, -0.05) is 0 Å². The number of hydrogen-bond acceptors (Lipinski definition) is 6. The predicted molar refractivity (Wildman–Crippen MR) is 53.4 cm³/mol. The largest absolute Gasteiger partial charge is 0.460 e. The van der Waals surface area contributed by atoms with Crippen molar-refractivity contribution in [3.05, 3.63) is 30.1 Å². The second-order valence-electron chi connectivity index (χ2n) is 3.04. The molecule has 2 aromatic rings. The van der Waals surface area contributed by atoms with E-state index in [0.29, 0.717) is 5.56 Å². The molecule has 0 atom stereocenters. The molecular weight excluding hydrogens is 229 g/mol. The topological polar surface area (TPSA) is 78.1 Å². The Bertz CT molecular complexity index is 541. The van der Waals surface area contributed by atoms with Crippen molar-refractivity contribution in [1.82, 2.24) is 15.1 Å². The van der Waals surface area contributed by atoms with Crippen molar-refractivity contribution in [2.75, 3.05) is 6.61 Å². The lowest BCUT2D eigenvalue weighted by molar-refractivity contribution is 0.0508. The van der Waals surface area contributed by atoms with Crippen LogP contribution in [-0.2, 0) is 4.74 Å². The van der Waals surface area contributed by atoms with Gasteiger partial charge in [-0.2, -0.15) is 4.98 Å². The molecule has 7 heteroatoms. The van der Waals surface area contributed by atoms with Gasteiger partial charge >= 0.3 is 5.97 Å². The summed E-state index contributed by atoms with van der Waals surface area (Å²) in [6.45, 7) is 1.87. The number of hydrogen-bond donors (Lipinski definition) is 0. The fraction of sp³-hybridized carbons (Fsp3) is 0.200. The minimum atomic E-state index is -0.688. The molecule has 0 saturated heterocycles. The molecule has 0 aliphatic heterocycles. The lowest BCUT2D eigenvalue weighted by Gasteiger charge is -1.94. The Labute approximate surface area is 95.4 Å². The number of pyridine rings is 1. The molecule has 2 rings (SSSR count). The first-order valence-electron chi connectivity index (χ1n) is 4.82. The maximum atomic E-state index is 12.9. The van der Waals surface area contributed by atoms with Crippen molar-refractivity contribution in [3.63, 3.8) is 0 Å². The summed E-state index contributed by atoms with van der Waals surface area (Å²) in [5.74, 6) is -1.41. The van der Waals surface area contributed by atoms with Crippen LogP contribution in [0.3, 0.4) is 0 Å². The van der Waals surface area contributed by atoms with Gasteiger partial charge < -0.3 is 9.26 Å². The van der Waals surface area contributed by atoms with Crippen LogP contribution in [0.25, 0.3) is 11.5 Å². The molecule has 0 radical (unpaired) electrons. The highest BCUT2D eigenvalue weighted by Gasteiger charge is 2.16. The molecule has 0 aromatic carbocycles. The maximum Gasteiger partial charge on any atom is 0.379 e. The Balaban J connectivity index is 2.27. The summed E-state index contributed by atoms with van der Waals surface area (Å²) in [4.78, 5) is 18.7. The molecule has 0 spiro atoms. The number of carbonyl (C=O) groups excluding carboxylic acids is 1. The maximum absolute atomic E-state index is 12.9. The second-order valence-corrected chi connectivity index (χ2v) is 3.04. The van der Waals surface area contributed by atoms with Gasteiger partial charge in [-0.3, -0.25) is 4.98 Å². The Morgan fingerprint density at radius 2 is 2.35 bits per heavy atom. The van der Waals surface area contributed by atoms with Crippen LogP contribution in [0, 0.1) is 5.82 Å². The summed E-state index contributed by atoms with van der Waals surface area (Å²) in [5, 5.41) is 3.43. The molecular formula is C10H8FN3O3. The third-order valence-corrected chi connectivity index (χ3v) is 1.84. The van der Waals surface area contributed by atoms with E-state index in [1.165, 1.54) is 12.3 Å². The third kappa shape index (κ3) is 2.44. The highest BCUT2D eigenvalue weighted by atomic mass is 19.1. The zero-order chi connectivity index (χ0) is 12.3. The molecule has 0 saturated carbocycles. The van der Waals surface area contributed by atoms with Gasteiger partial charge in [-0.05, 0) is 18.1 Å². The van der Waals surface area contributed by atoms with Gasteiger partial charge in [0.15, 0.2) is 0 Å². The lowest BCUT2D eigenvalue weighted by atomic mass is 10.3. The van der Waals surface area contributed by atoms with Gasteiger partial charge in [0.1, 0.15) is 5.82 Å². The van der Waals surface area contributed by atoms with E-state index in [-0.39, 0.29) is 18.3 Å². The first-order valence-corrected chi connectivity index (χ1v) is 4.82. The molecule has 88 valence electrons. The number of aromatic nitrogens is 3. The van der Waals surface area contributed by atoms with Gasteiger partial charge in [0.2, 0.25) is 0 Å². The summed E-state index contributed by atoms with van der Waals surface area (Å²) in [6, 6.07) is 1.18. The highest BCUT2D eigenvalue weighted by molar-refractivity contribution is 5.85. The molecule has 0 amide bonds. The van der Waals surface area contributed by atoms with E-state index >= 15 is 0 Å². The predicted octanol–water partition coefficient (Wildman–Crippen LogP) is 1.45. The molecule has 2 aromatic heterocycles. The summed E-state index contributed by atoms with van der Waals surface area (Å²) in [7, 11) is 0.